The molecule has 128 valence electrons. The Balaban J connectivity index is 2.15. The van der Waals surface area contributed by atoms with Crippen molar-refractivity contribution in [3.05, 3.63) is 12.2 Å². The van der Waals surface area contributed by atoms with Crippen LogP contribution in [0.2, 0.25) is 0 Å². The zero-order valence-electron chi connectivity index (χ0n) is 16.2. The van der Waals surface area contributed by atoms with Gasteiger partial charge in [0.1, 0.15) is 0 Å². The van der Waals surface area contributed by atoms with Gasteiger partial charge in [0.05, 0.1) is 0 Å². The normalized spacial score (nSPS) is 39.1. The second-order valence-corrected chi connectivity index (χ2v) is 9.57. The highest BCUT2D eigenvalue weighted by molar-refractivity contribution is 5.22. The summed E-state index contributed by atoms with van der Waals surface area (Å²) >= 11 is 0. The number of rotatable bonds is 6. The zero-order chi connectivity index (χ0) is 16.5. The maximum absolute atomic E-state index is 4.66. The van der Waals surface area contributed by atoms with Gasteiger partial charge in [0.25, 0.3) is 0 Å². The summed E-state index contributed by atoms with van der Waals surface area (Å²) in [6, 6.07) is 0. The van der Waals surface area contributed by atoms with Crippen LogP contribution in [0.4, 0.5) is 0 Å². The van der Waals surface area contributed by atoms with Gasteiger partial charge in [0, 0.05) is 0 Å². The predicted molar refractivity (Wildman–Crippen MR) is 98.9 cm³/mol. The van der Waals surface area contributed by atoms with E-state index in [1.165, 1.54) is 51.4 Å². The summed E-state index contributed by atoms with van der Waals surface area (Å²) in [5, 5.41) is 0. The monoisotopic (exact) mass is 304 g/mol. The van der Waals surface area contributed by atoms with E-state index in [1.807, 2.05) is 0 Å². The minimum atomic E-state index is 0.401. The Morgan fingerprint density at radius 3 is 2.18 bits per heavy atom. The molecule has 0 heterocycles. The van der Waals surface area contributed by atoms with Gasteiger partial charge in [-0.15, -0.1) is 0 Å². The van der Waals surface area contributed by atoms with E-state index in [0.717, 1.165) is 23.7 Å². The molecule has 0 bridgehead atoms. The average Bonchev–Trinajstić information content (AvgIpc) is 2.63. The van der Waals surface area contributed by atoms with E-state index in [1.54, 1.807) is 5.57 Å². The molecule has 0 heteroatoms. The first-order valence-corrected chi connectivity index (χ1v) is 9.94. The van der Waals surface area contributed by atoms with Gasteiger partial charge in [0.15, 0.2) is 0 Å². The predicted octanol–water partition coefficient (Wildman–Crippen LogP) is 7.25. The van der Waals surface area contributed by atoms with Gasteiger partial charge < -0.3 is 0 Å². The number of hydrogen-bond acceptors (Lipinski definition) is 0. The molecule has 22 heavy (non-hydrogen) atoms. The first-order chi connectivity index (χ1) is 10.2. The third-order valence-corrected chi connectivity index (χ3v) is 7.30. The van der Waals surface area contributed by atoms with Crippen LogP contribution in [0.1, 0.15) is 92.9 Å². The van der Waals surface area contributed by atoms with E-state index < -0.39 is 0 Å². The molecule has 0 aliphatic heterocycles. The summed E-state index contributed by atoms with van der Waals surface area (Å²) in [7, 11) is 0. The van der Waals surface area contributed by atoms with Crippen molar-refractivity contribution in [2.75, 3.05) is 0 Å². The highest BCUT2D eigenvalue weighted by atomic mass is 14.5. The minimum absolute atomic E-state index is 0.401. The van der Waals surface area contributed by atoms with Crippen LogP contribution >= 0.6 is 0 Å². The van der Waals surface area contributed by atoms with Crippen molar-refractivity contribution in [1.82, 2.24) is 0 Å². The van der Waals surface area contributed by atoms with Crippen LogP contribution in [-0.2, 0) is 0 Å². The summed E-state index contributed by atoms with van der Waals surface area (Å²) in [5.74, 6) is 3.55. The van der Waals surface area contributed by atoms with Crippen molar-refractivity contribution in [2.45, 2.75) is 92.9 Å². The van der Waals surface area contributed by atoms with Gasteiger partial charge >= 0.3 is 0 Å². The molecular formula is C22H40. The Kier molecular flexibility index (Phi) is 5.50. The van der Waals surface area contributed by atoms with Gasteiger partial charge in [-0.1, -0.05) is 66.5 Å². The molecule has 2 aliphatic carbocycles. The van der Waals surface area contributed by atoms with Crippen LogP contribution in [0, 0.1) is 34.5 Å². The van der Waals surface area contributed by atoms with Crippen molar-refractivity contribution in [2.24, 2.45) is 34.5 Å². The Morgan fingerprint density at radius 1 is 1.09 bits per heavy atom. The quantitative estimate of drug-likeness (QED) is 0.453. The lowest BCUT2D eigenvalue weighted by atomic mass is 9.66. The van der Waals surface area contributed by atoms with Crippen LogP contribution in [0.15, 0.2) is 12.2 Å². The van der Waals surface area contributed by atoms with E-state index in [0.29, 0.717) is 10.8 Å². The molecule has 0 nitrogen and oxygen atoms in total. The lowest BCUT2D eigenvalue weighted by Gasteiger charge is -2.39. The molecule has 0 aromatic carbocycles. The summed E-state index contributed by atoms with van der Waals surface area (Å²) in [5.41, 5.74) is 2.54. The van der Waals surface area contributed by atoms with Gasteiger partial charge in [-0.2, -0.15) is 0 Å². The van der Waals surface area contributed by atoms with Crippen LogP contribution in [0.25, 0.3) is 0 Å². The van der Waals surface area contributed by atoms with Crippen molar-refractivity contribution in [1.29, 1.82) is 0 Å². The molecule has 0 aromatic heterocycles. The smallest absolute Gasteiger partial charge is 0.0108 e. The van der Waals surface area contributed by atoms with E-state index in [9.17, 15) is 0 Å². The maximum Gasteiger partial charge on any atom is -0.0108 e. The SMILES string of the molecule is C=C1C2CC(C)C(C)CC2CC1(C)CC(C)(CCC)CCC. The standard InChI is InChI=1S/C22H40/c1-8-10-21(6,11-9-2)15-22(7)14-19-12-16(3)17(4)13-20(19)18(22)5/h16-17,19-20H,5,8-15H2,1-4,6-7H3. The molecule has 0 radical (unpaired) electrons. The first-order valence-electron chi connectivity index (χ1n) is 9.94. The van der Waals surface area contributed by atoms with Gasteiger partial charge in [-0.3, -0.25) is 0 Å². The Morgan fingerprint density at radius 2 is 1.64 bits per heavy atom. The fourth-order valence-corrected chi connectivity index (χ4v) is 6.15. The van der Waals surface area contributed by atoms with Gasteiger partial charge in [0.2, 0.25) is 0 Å². The fourth-order valence-electron chi connectivity index (χ4n) is 6.15. The van der Waals surface area contributed by atoms with E-state index in [2.05, 4.69) is 48.1 Å². The van der Waals surface area contributed by atoms with Crippen LogP contribution in [0.5, 0.6) is 0 Å². The van der Waals surface area contributed by atoms with Crippen molar-refractivity contribution in [3.8, 4) is 0 Å². The molecule has 2 saturated carbocycles. The van der Waals surface area contributed by atoms with Crippen LogP contribution < -0.4 is 0 Å². The average molecular weight is 305 g/mol. The van der Waals surface area contributed by atoms with E-state index in [4.69, 9.17) is 0 Å². The fraction of sp³-hybridized carbons (Fsp3) is 0.909. The van der Waals surface area contributed by atoms with Gasteiger partial charge in [-0.25, -0.2) is 0 Å². The minimum Gasteiger partial charge on any atom is -0.0990 e. The molecule has 0 N–H and O–H groups in total. The zero-order valence-corrected chi connectivity index (χ0v) is 16.2. The molecule has 2 fully saturated rings. The third-order valence-electron chi connectivity index (χ3n) is 7.30. The molecule has 5 unspecified atom stereocenters. The Bertz CT molecular complexity index is 387. The van der Waals surface area contributed by atoms with E-state index >= 15 is 0 Å². The van der Waals surface area contributed by atoms with Gasteiger partial charge in [-0.05, 0) is 73.0 Å². The molecule has 0 amide bonds. The molecular weight excluding hydrogens is 264 g/mol. The largest absolute Gasteiger partial charge is 0.0990 e. The van der Waals surface area contributed by atoms with Crippen molar-refractivity contribution >= 4 is 0 Å². The number of allylic oxidation sites excluding steroid dienone is 1. The maximum atomic E-state index is 4.66. The molecule has 2 rings (SSSR count). The number of fused-ring (bicyclic) bond motifs is 1. The topological polar surface area (TPSA) is 0 Å². The lowest BCUT2D eigenvalue weighted by Crippen LogP contribution is -2.28. The summed E-state index contributed by atoms with van der Waals surface area (Å²) < 4.78 is 0. The molecule has 5 atom stereocenters. The summed E-state index contributed by atoms with van der Waals surface area (Å²) in [4.78, 5) is 0. The van der Waals surface area contributed by atoms with Crippen LogP contribution in [0.3, 0.4) is 0 Å². The Labute approximate surface area is 140 Å². The molecule has 0 aromatic rings. The summed E-state index contributed by atoms with van der Waals surface area (Å²) in [6.45, 7) is 19.4. The van der Waals surface area contributed by atoms with Crippen molar-refractivity contribution < 1.29 is 0 Å². The molecule has 0 spiro atoms. The highest BCUT2D eigenvalue weighted by Crippen LogP contribution is 2.60. The second kappa shape index (κ2) is 6.70. The summed E-state index contributed by atoms with van der Waals surface area (Å²) in [6.07, 6.45) is 11.0. The second-order valence-electron chi connectivity index (χ2n) is 9.57. The van der Waals surface area contributed by atoms with Crippen molar-refractivity contribution in [3.63, 3.8) is 0 Å². The third kappa shape index (κ3) is 3.46. The highest BCUT2D eigenvalue weighted by Gasteiger charge is 2.50. The Hall–Kier alpha value is -0.260. The molecule has 0 saturated heterocycles. The van der Waals surface area contributed by atoms with E-state index in [-0.39, 0.29) is 0 Å². The lowest BCUT2D eigenvalue weighted by molar-refractivity contribution is 0.145. The number of hydrogen-bond donors (Lipinski definition) is 0. The molecule has 2 aliphatic rings. The van der Waals surface area contributed by atoms with Crippen LogP contribution in [-0.4, -0.2) is 0 Å². The first kappa shape index (κ1) is 18.1.